The minimum atomic E-state index is -1.42. The van der Waals surface area contributed by atoms with Crippen molar-refractivity contribution in [2.75, 3.05) is 7.11 Å². The average Bonchev–Trinajstić information content (AvgIpc) is 3.49. The molecule has 4 atom stereocenters. The summed E-state index contributed by atoms with van der Waals surface area (Å²) in [6.07, 6.45) is -0.501. The van der Waals surface area contributed by atoms with Gasteiger partial charge in [0.05, 0.1) is 22.8 Å². The summed E-state index contributed by atoms with van der Waals surface area (Å²) in [7, 11) is 0.175. The van der Waals surface area contributed by atoms with Crippen molar-refractivity contribution < 1.29 is 18.5 Å². The van der Waals surface area contributed by atoms with E-state index < -0.39 is 27.8 Å². The number of rotatable bonds is 3. The Balaban J connectivity index is 1.71. The van der Waals surface area contributed by atoms with Crippen molar-refractivity contribution in [1.82, 2.24) is 0 Å². The molecule has 0 bridgehead atoms. The van der Waals surface area contributed by atoms with Gasteiger partial charge in [-0.3, -0.25) is 9.00 Å². The van der Waals surface area contributed by atoms with Crippen LogP contribution in [0.1, 0.15) is 32.8 Å². The molecule has 0 saturated carbocycles. The fraction of sp³-hybridized carbons (Fsp3) is 0.174. The molecule has 0 amide bonds. The van der Waals surface area contributed by atoms with E-state index >= 15 is 0 Å². The van der Waals surface area contributed by atoms with Gasteiger partial charge < -0.3 is 9.47 Å². The molecule has 0 N–H and O–H groups in total. The lowest BCUT2D eigenvalue weighted by molar-refractivity contribution is 0.0859. The number of fused-ring (bicyclic) bond motifs is 1. The van der Waals surface area contributed by atoms with Gasteiger partial charge in [-0.05, 0) is 17.7 Å². The summed E-state index contributed by atoms with van der Waals surface area (Å²) < 4.78 is 25.2. The van der Waals surface area contributed by atoms with E-state index in [9.17, 15) is 9.00 Å². The van der Waals surface area contributed by atoms with Gasteiger partial charge in [0.2, 0.25) is 5.78 Å². The first kappa shape index (κ1) is 17.3. The molecule has 0 radical (unpaired) electrons. The molecule has 2 aliphatic rings. The highest BCUT2D eigenvalue weighted by Gasteiger charge is 2.72. The van der Waals surface area contributed by atoms with Gasteiger partial charge in [0, 0.05) is 11.1 Å². The summed E-state index contributed by atoms with van der Waals surface area (Å²) in [5, 5.41) is -0.578. The third kappa shape index (κ3) is 2.33. The van der Waals surface area contributed by atoms with E-state index in [2.05, 4.69) is 0 Å². The smallest absolute Gasteiger partial charge is 0.200 e. The third-order valence-electron chi connectivity index (χ3n) is 5.48. The summed E-state index contributed by atoms with van der Waals surface area (Å²) in [5.74, 6) is 0.543. The highest BCUT2D eigenvalue weighted by molar-refractivity contribution is 7.85. The molecule has 0 aliphatic carbocycles. The van der Waals surface area contributed by atoms with Crippen LogP contribution in [0.3, 0.4) is 0 Å². The number of methoxy groups -OCH3 is 1. The molecule has 3 aromatic rings. The summed E-state index contributed by atoms with van der Waals surface area (Å²) in [6, 6.07) is 24.1. The molecule has 1 unspecified atom stereocenters. The van der Waals surface area contributed by atoms with Crippen LogP contribution in [0, 0.1) is 0 Å². The van der Waals surface area contributed by atoms with Crippen molar-refractivity contribution in [2.45, 2.75) is 21.9 Å². The van der Waals surface area contributed by atoms with Crippen LogP contribution in [0.25, 0.3) is 0 Å². The van der Waals surface area contributed by atoms with Gasteiger partial charge in [0.1, 0.15) is 17.1 Å². The Kier molecular flexibility index (Phi) is 3.96. The monoisotopic (exact) mass is 390 g/mol. The van der Waals surface area contributed by atoms with Crippen molar-refractivity contribution in [3.63, 3.8) is 0 Å². The van der Waals surface area contributed by atoms with Crippen LogP contribution < -0.4 is 4.74 Å². The Morgan fingerprint density at radius 2 is 1.61 bits per heavy atom. The highest BCUT2D eigenvalue weighted by atomic mass is 32.2. The molecular weight excluding hydrogens is 372 g/mol. The fourth-order valence-electron chi connectivity index (χ4n) is 4.15. The van der Waals surface area contributed by atoms with Crippen molar-refractivity contribution in [3.05, 3.63) is 95.6 Å². The molecule has 1 fully saturated rings. The zero-order valence-electron chi connectivity index (χ0n) is 15.2. The lowest BCUT2D eigenvalue weighted by Crippen LogP contribution is -2.40. The average molecular weight is 390 g/mol. The van der Waals surface area contributed by atoms with Crippen LogP contribution in [-0.2, 0) is 15.5 Å². The SMILES string of the molecule is COc1ccccc1[C@H]1O[C@]12C(=O)c1ccccc1S(=O)[C@H]2c1ccccc1. The van der Waals surface area contributed by atoms with Crippen molar-refractivity contribution in [3.8, 4) is 5.75 Å². The normalized spacial score (nSPS) is 28.0. The number of ketones is 1. The molecule has 3 aromatic carbocycles. The summed E-state index contributed by atoms with van der Waals surface area (Å²) in [4.78, 5) is 14.2. The first-order valence-corrected chi connectivity index (χ1v) is 10.3. The number of hydrogen-bond donors (Lipinski definition) is 0. The molecule has 5 rings (SSSR count). The van der Waals surface area contributed by atoms with E-state index in [4.69, 9.17) is 9.47 Å². The van der Waals surface area contributed by atoms with Crippen LogP contribution in [0.15, 0.2) is 83.8 Å². The van der Waals surface area contributed by atoms with Gasteiger partial charge in [0.25, 0.3) is 0 Å². The Hall–Kier alpha value is -2.76. The number of Topliss-reactive ketones (excluding diaryl/α,β-unsaturated/α-hetero) is 1. The second kappa shape index (κ2) is 6.40. The second-order valence-electron chi connectivity index (χ2n) is 6.95. The van der Waals surface area contributed by atoms with Crippen LogP contribution in [0.4, 0.5) is 0 Å². The van der Waals surface area contributed by atoms with Crippen molar-refractivity contribution in [1.29, 1.82) is 0 Å². The first-order chi connectivity index (χ1) is 13.7. The minimum Gasteiger partial charge on any atom is -0.496 e. The Labute approximate surface area is 165 Å². The minimum absolute atomic E-state index is 0.118. The van der Waals surface area contributed by atoms with Gasteiger partial charge in [-0.25, -0.2) is 0 Å². The second-order valence-corrected chi connectivity index (χ2v) is 8.45. The zero-order chi connectivity index (χ0) is 19.3. The number of para-hydroxylation sites is 1. The van der Waals surface area contributed by atoms with E-state index in [0.29, 0.717) is 16.2 Å². The Morgan fingerprint density at radius 3 is 2.39 bits per heavy atom. The molecular formula is C23H18O4S. The summed E-state index contributed by atoms with van der Waals surface area (Å²) in [6.45, 7) is 0. The number of carbonyl (C=O) groups is 1. The van der Waals surface area contributed by atoms with Gasteiger partial charge in [-0.15, -0.1) is 0 Å². The van der Waals surface area contributed by atoms with Crippen molar-refractivity contribution >= 4 is 16.6 Å². The van der Waals surface area contributed by atoms with Crippen LogP contribution >= 0.6 is 0 Å². The number of ether oxygens (including phenoxy) is 2. The van der Waals surface area contributed by atoms with Gasteiger partial charge in [-0.1, -0.05) is 66.7 Å². The first-order valence-electron chi connectivity index (χ1n) is 9.08. The maximum Gasteiger partial charge on any atom is 0.200 e. The molecule has 28 heavy (non-hydrogen) atoms. The quantitative estimate of drug-likeness (QED) is 0.628. The predicted molar refractivity (Wildman–Crippen MR) is 106 cm³/mol. The van der Waals surface area contributed by atoms with E-state index in [0.717, 1.165) is 11.1 Å². The predicted octanol–water partition coefficient (Wildman–Crippen LogP) is 4.25. The number of epoxide rings is 1. The molecule has 1 saturated heterocycles. The van der Waals surface area contributed by atoms with Gasteiger partial charge in [0.15, 0.2) is 5.60 Å². The van der Waals surface area contributed by atoms with Gasteiger partial charge in [-0.2, -0.15) is 0 Å². The standard InChI is InChI=1S/C23H18O4S/c1-26-18-13-7-5-11-16(18)21-23(27-21)20(24)17-12-6-8-14-19(17)28(25)22(23)15-9-3-2-4-10-15/h2-14,21-22H,1H3/t21-,22+,23-,28?/m1/s1. The number of carbonyl (C=O) groups excluding carboxylic acids is 1. The molecule has 4 nitrogen and oxygen atoms in total. The molecule has 2 heterocycles. The molecule has 5 heteroatoms. The topological polar surface area (TPSA) is 55.9 Å². The summed E-state index contributed by atoms with van der Waals surface area (Å²) in [5.41, 5.74) is 0.928. The van der Waals surface area contributed by atoms with E-state index in [-0.39, 0.29) is 5.78 Å². The third-order valence-corrected chi connectivity index (χ3v) is 7.32. The largest absolute Gasteiger partial charge is 0.496 e. The Bertz CT molecular complexity index is 1090. The molecule has 140 valence electrons. The van der Waals surface area contributed by atoms with Crippen molar-refractivity contribution in [2.24, 2.45) is 0 Å². The molecule has 0 aromatic heterocycles. The van der Waals surface area contributed by atoms with Crippen LogP contribution in [0.2, 0.25) is 0 Å². The summed E-state index contributed by atoms with van der Waals surface area (Å²) >= 11 is 0. The van der Waals surface area contributed by atoms with E-state index in [1.54, 1.807) is 25.3 Å². The maximum absolute atomic E-state index is 13.6. The fourth-order valence-corrected chi connectivity index (χ4v) is 6.01. The molecule has 2 aliphatic heterocycles. The highest BCUT2D eigenvalue weighted by Crippen LogP contribution is 2.64. The van der Waals surface area contributed by atoms with Crippen LogP contribution in [0.5, 0.6) is 5.75 Å². The van der Waals surface area contributed by atoms with E-state index in [1.807, 2.05) is 60.7 Å². The number of hydrogen-bond acceptors (Lipinski definition) is 4. The zero-order valence-corrected chi connectivity index (χ0v) is 16.0. The van der Waals surface area contributed by atoms with Gasteiger partial charge >= 0.3 is 0 Å². The molecule has 1 spiro atoms. The lowest BCUT2D eigenvalue weighted by atomic mass is 9.84. The maximum atomic E-state index is 13.6. The lowest BCUT2D eigenvalue weighted by Gasteiger charge is -2.30. The van der Waals surface area contributed by atoms with Crippen LogP contribution in [-0.4, -0.2) is 22.7 Å². The Morgan fingerprint density at radius 1 is 0.929 bits per heavy atom. The number of benzene rings is 3. The van der Waals surface area contributed by atoms with E-state index in [1.165, 1.54) is 0 Å².